The lowest BCUT2D eigenvalue weighted by Crippen LogP contribution is -2.29. The normalized spacial score (nSPS) is 23.0. The van der Waals surface area contributed by atoms with Crippen molar-refractivity contribution in [2.45, 2.75) is 26.2 Å². The van der Waals surface area contributed by atoms with Crippen LogP contribution in [0.25, 0.3) is 6.08 Å². The van der Waals surface area contributed by atoms with Gasteiger partial charge >= 0.3 is 5.97 Å². The minimum absolute atomic E-state index is 0.0828. The minimum Gasteiger partial charge on any atom is -0.466 e. The average molecular weight is 299 g/mol. The molecule has 0 aromatic heterocycles. The van der Waals surface area contributed by atoms with Crippen molar-refractivity contribution in [3.63, 3.8) is 0 Å². The highest BCUT2D eigenvalue weighted by Gasteiger charge is 2.59. The molecule has 4 heteroatoms. The Labute approximate surface area is 130 Å². The van der Waals surface area contributed by atoms with Crippen molar-refractivity contribution >= 4 is 18.0 Å². The molecule has 2 fully saturated rings. The molecule has 1 heterocycles. The van der Waals surface area contributed by atoms with Gasteiger partial charge in [-0.15, -0.1) is 0 Å². The number of carbonyl (C=O) groups is 2. The van der Waals surface area contributed by atoms with E-state index in [2.05, 4.69) is 0 Å². The first-order chi connectivity index (χ1) is 10.7. The number of amides is 1. The van der Waals surface area contributed by atoms with Gasteiger partial charge in [0.15, 0.2) is 0 Å². The zero-order valence-corrected chi connectivity index (χ0v) is 12.8. The molecule has 4 nitrogen and oxygen atoms in total. The molecule has 0 N–H and O–H groups in total. The summed E-state index contributed by atoms with van der Waals surface area (Å²) in [5.41, 5.74) is 0.659. The van der Waals surface area contributed by atoms with Crippen LogP contribution in [0.4, 0.5) is 0 Å². The number of hydrogen-bond donors (Lipinski definition) is 0. The smallest absolute Gasteiger partial charge is 0.312 e. The van der Waals surface area contributed by atoms with Crippen molar-refractivity contribution in [1.82, 2.24) is 4.90 Å². The van der Waals surface area contributed by atoms with Gasteiger partial charge in [-0.3, -0.25) is 9.59 Å². The molecule has 1 aromatic carbocycles. The van der Waals surface area contributed by atoms with Gasteiger partial charge in [0.2, 0.25) is 5.91 Å². The molecular weight excluding hydrogens is 278 g/mol. The Bertz CT molecular complexity index is 590. The van der Waals surface area contributed by atoms with Gasteiger partial charge in [-0.2, -0.15) is 0 Å². The van der Waals surface area contributed by atoms with E-state index < -0.39 is 5.41 Å². The Balaban J connectivity index is 1.66. The van der Waals surface area contributed by atoms with Crippen LogP contribution in [0.5, 0.6) is 0 Å². The number of likely N-dealkylation sites (tertiary alicyclic amines) is 1. The van der Waals surface area contributed by atoms with Crippen LogP contribution in [-0.2, 0) is 14.3 Å². The van der Waals surface area contributed by atoms with E-state index in [9.17, 15) is 9.59 Å². The maximum absolute atomic E-state index is 12.2. The average Bonchev–Trinajstić information content (AvgIpc) is 3.26. The molecule has 1 aliphatic heterocycles. The zero-order chi connectivity index (χ0) is 15.6. The second-order valence-corrected chi connectivity index (χ2v) is 6.05. The summed E-state index contributed by atoms with van der Waals surface area (Å²) in [5.74, 6) is 0.0499. The standard InChI is InChI=1S/C18H21NO3/c1-2-22-17(21)18(9-10-18)15-12-16(20)19(13-15)11-8-14-6-4-3-5-7-14/h3-8,11,15H,2,9-10,12-13H2,1H3. The van der Waals surface area contributed by atoms with Crippen LogP contribution in [0.15, 0.2) is 36.5 Å². The molecule has 1 saturated heterocycles. The van der Waals surface area contributed by atoms with E-state index in [1.165, 1.54) is 0 Å². The van der Waals surface area contributed by atoms with E-state index in [0.29, 0.717) is 19.6 Å². The van der Waals surface area contributed by atoms with Crippen LogP contribution in [0.2, 0.25) is 0 Å². The molecule has 116 valence electrons. The van der Waals surface area contributed by atoms with Gasteiger partial charge < -0.3 is 9.64 Å². The summed E-state index contributed by atoms with van der Waals surface area (Å²) in [7, 11) is 0. The summed E-state index contributed by atoms with van der Waals surface area (Å²) < 4.78 is 5.19. The molecule has 1 amide bonds. The Morgan fingerprint density at radius 3 is 2.73 bits per heavy atom. The molecule has 1 aliphatic carbocycles. The lowest BCUT2D eigenvalue weighted by molar-refractivity contribution is -0.151. The van der Waals surface area contributed by atoms with Crippen molar-refractivity contribution in [2.24, 2.45) is 11.3 Å². The molecule has 0 spiro atoms. The number of carbonyl (C=O) groups excluding carboxylic acids is 2. The largest absolute Gasteiger partial charge is 0.466 e. The van der Waals surface area contributed by atoms with Gasteiger partial charge in [0.1, 0.15) is 0 Å². The maximum atomic E-state index is 12.2. The van der Waals surface area contributed by atoms with Crippen molar-refractivity contribution in [1.29, 1.82) is 0 Å². The summed E-state index contributed by atoms with van der Waals surface area (Å²) in [6, 6.07) is 9.89. The summed E-state index contributed by atoms with van der Waals surface area (Å²) in [4.78, 5) is 26.1. The SMILES string of the molecule is CCOC(=O)C1(C2CC(=O)N(C=Cc3ccccc3)C2)CC1. The van der Waals surface area contributed by atoms with Crippen molar-refractivity contribution in [3.05, 3.63) is 42.1 Å². The van der Waals surface area contributed by atoms with Gasteiger partial charge in [0.05, 0.1) is 12.0 Å². The summed E-state index contributed by atoms with van der Waals surface area (Å²) >= 11 is 0. The van der Waals surface area contributed by atoms with Gasteiger partial charge in [-0.1, -0.05) is 30.3 Å². The van der Waals surface area contributed by atoms with Gasteiger partial charge in [-0.25, -0.2) is 0 Å². The molecule has 0 radical (unpaired) electrons. The number of rotatable bonds is 5. The van der Waals surface area contributed by atoms with Crippen molar-refractivity contribution in [3.8, 4) is 0 Å². The molecule has 1 aromatic rings. The van der Waals surface area contributed by atoms with Crippen LogP contribution in [0, 0.1) is 11.3 Å². The second kappa shape index (κ2) is 5.95. The Morgan fingerprint density at radius 1 is 1.36 bits per heavy atom. The van der Waals surface area contributed by atoms with Gasteiger partial charge in [0.25, 0.3) is 0 Å². The van der Waals surface area contributed by atoms with Crippen LogP contribution in [0.1, 0.15) is 31.7 Å². The Kier molecular flexibility index (Phi) is 4.01. The molecular formula is C18H21NO3. The number of nitrogens with zero attached hydrogens (tertiary/aromatic N) is 1. The van der Waals surface area contributed by atoms with E-state index in [0.717, 1.165) is 18.4 Å². The number of esters is 1. The fourth-order valence-corrected chi connectivity index (χ4v) is 3.17. The van der Waals surface area contributed by atoms with E-state index in [-0.39, 0.29) is 17.8 Å². The minimum atomic E-state index is -0.402. The maximum Gasteiger partial charge on any atom is 0.312 e. The fourth-order valence-electron chi connectivity index (χ4n) is 3.17. The van der Waals surface area contributed by atoms with Crippen LogP contribution in [-0.4, -0.2) is 29.9 Å². The highest BCUT2D eigenvalue weighted by molar-refractivity contribution is 5.85. The molecule has 1 saturated carbocycles. The second-order valence-electron chi connectivity index (χ2n) is 6.05. The summed E-state index contributed by atoms with van der Waals surface area (Å²) in [6.45, 7) is 2.84. The quantitative estimate of drug-likeness (QED) is 0.785. The Morgan fingerprint density at radius 2 is 2.09 bits per heavy atom. The number of benzene rings is 1. The van der Waals surface area contributed by atoms with Crippen molar-refractivity contribution in [2.75, 3.05) is 13.2 Å². The first kappa shape index (κ1) is 14.8. The predicted octanol–water partition coefficient (Wildman–Crippen LogP) is 2.85. The third-order valence-electron chi connectivity index (χ3n) is 4.66. The molecule has 1 unspecified atom stereocenters. The van der Waals surface area contributed by atoms with Gasteiger partial charge in [0, 0.05) is 25.1 Å². The van der Waals surface area contributed by atoms with E-state index in [1.807, 2.05) is 49.5 Å². The number of hydrogen-bond acceptors (Lipinski definition) is 3. The third-order valence-corrected chi connectivity index (χ3v) is 4.66. The zero-order valence-electron chi connectivity index (χ0n) is 12.8. The highest BCUT2D eigenvalue weighted by Crippen LogP contribution is 2.55. The molecule has 1 atom stereocenters. The van der Waals surface area contributed by atoms with E-state index >= 15 is 0 Å². The fraction of sp³-hybridized carbons (Fsp3) is 0.444. The monoisotopic (exact) mass is 299 g/mol. The van der Waals surface area contributed by atoms with E-state index in [4.69, 9.17) is 4.74 Å². The molecule has 3 rings (SSSR count). The first-order valence-electron chi connectivity index (χ1n) is 7.85. The molecule has 2 aliphatic rings. The predicted molar refractivity (Wildman–Crippen MR) is 83.6 cm³/mol. The topological polar surface area (TPSA) is 46.6 Å². The van der Waals surface area contributed by atoms with Crippen LogP contribution >= 0.6 is 0 Å². The molecule has 22 heavy (non-hydrogen) atoms. The van der Waals surface area contributed by atoms with Gasteiger partial charge in [-0.05, 0) is 31.4 Å². The summed E-state index contributed by atoms with van der Waals surface area (Å²) in [5, 5.41) is 0. The third kappa shape index (κ3) is 2.78. The summed E-state index contributed by atoms with van der Waals surface area (Å²) in [6.07, 6.45) is 5.90. The van der Waals surface area contributed by atoms with E-state index in [1.54, 1.807) is 4.90 Å². The Hall–Kier alpha value is -2.10. The lowest BCUT2D eigenvalue weighted by atomic mass is 9.88. The lowest BCUT2D eigenvalue weighted by Gasteiger charge is -2.20. The van der Waals surface area contributed by atoms with Crippen LogP contribution in [0.3, 0.4) is 0 Å². The highest BCUT2D eigenvalue weighted by atomic mass is 16.5. The van der Waals surface area contributed by atoms with Crippen LogP contribution < -0.4 is 0 Å². The van der Waals surface area contributed by atoms with Crippen molar-refractivity contribution < 1.29 is 14.3 Å². The molecule has 0 bridgehead atoms. The first-order valence-corrected chi connectivity index (χ1v) is 7.85. The number of ether oxygens (including phenoxy) is 1.